The summed E-state index contributed by atoms with van der Waals surface area (Å²) in [5.41, 5.74) is 1.23. The Balaban J connectivity index is 1.87. The van der Waals surface area contributed by atoms with Crippen molar-refractivity contribution in [3.05, 3.63) is 65.7 Å². The minimum atomic E-state index is -0.437. The van der Waals surface area contributed by atoms with Crippen LogP contribution < -0.4 is 14.8 Å². The first-order valence-electron chi connectivity index (χ1n) is 8.14. The Labute approximate surface area is 156 Å². The van der Waals surface area contributed by atoms with Gasteiger partial charge in [-0.2, -0.15) is 0 Å². The zero-order valence-corrected chi connectivity index (χ0v) is 14.9. The number of nitrogens with one attached hydrogen (secondary N) is 1. The zero-order chi connectivity index (χ0) is 19.6. The molecule has 138 valence electrons. The van der Waals surface area contributed by atoms with E-state index in [0.29, 0.717) is 17.2 Å². The third kappa shape index (κ3) is 3.39. The van der Waals surface area contributed by atoms with Crippen LogP contribution in [0.3, 0.4) is 0 Å². The Kier molecular flexibility index (Phi) is 4.94. The lowest BCUT2D eigenvalue weighted by molar-refractivity contribution is 0.0672. The van der Waals surface area contributed by atoms with E-state index in [9.17, 15) is 14.4 Å². The number of anilines is 1. The van der Waals surface area contributed by atoms with E-state index in [1.54, 1.807) is 18.2 Å². The van der Waals surface area contributed by atoms with E-state index in [1.165, 1.54) is 38.5 Å². The van der Waals surface area contributed by atoms with Gasteiger partial charge in [0, 0.05) is 36.0 Å². The third-order valence-electron chi connectivity index (χ3n) is 4.15. The molecule has 2 aromatic rings. The fourth-order valence-corrected chi connectivity index (χ4v) is 2.81. The molecular weight excluding hydrogens is 348 g/mol. The molecule has 7 nitrogen and oxygen atoms in total. The first kappa shape index (κ1) is 18.2. The van der Waals surface area contributed by atoms with Gasteiger partial charge >= 0.3 is 0 Å². The van der Waals surface area contributed by atoms with Gasteiger partial charge in [-0.15, -0.1) is 6.58 Å². The largest absolute Gasteiger partial charge is 0.497 e. The topological polar surface area (TPSA) is 84.9 Å². The van der Waals surface area contributed by atoms with Gasteiger partial charge in [0.25, 0.3) is 17.7 Å². The number of methoxy groups -OCH3 is 2. The molecule has 7 heteroatoms. The molecule has 0 unspecified atom stereocenters. The molecule has 3 amide bonds. The maximum absolute atomic E-state index is 12.6. The highest BCUT2D eigenvalue weighted by Gasteiger charge is 2.35. The number of carbonyl (C=O) groups is 3. The lowest BCUT2D eigenvalue weighted by Gasteiger charge is -2.10. The number of ether oxygens (including phenoxy) is 2. The summed E-state index contributed by atoms with van der Waals surface area (Å²) >= 11 is 0. The Morgan fingerprint density at radius 2 is 1.67 bits per heavy atom. The molecule has 0 spiro atoms. The van der Waals surface area contributed by atoms with E-state index in [2.05, 4.69) is 11.9 Å². The van der Waals surface area contributed by atoms with Gasteiger partial charge in [0.1, 0.15) is 11.5 Å². The second-order valence-electron chi connectivity index (χ2n) is 5.83. The smallest absolute Gasteiger partial charge is 0.261 e. The lowest BCUT2D eigenvalue weighted by atomic mass is 10.1. The van der Waals surface area contributed by atoms with Crippen molar-refractivity contribution in [1.29, 1.82) is 0 Å². The van der Waals surface area contributed by atoms with Gasteiger partial charge in [-0.05, 0) is 18.2 Å². The van der Waals surface area contributed by atoms with Gasteiger partial charge < -0.3 is 14.8 Å². The number of hydrogen-bond acceptors (Lipinski definition) is 5. The van der Waals surface area contributed by atoms with Crippen LogP contribution in [-0.4, -0.2) is 43.4 Å². The van der Waals surface area contributed by atoms with E-state index in [0.717, 1.165) is 4.90 Å². The van der Waals surface area contributed by atoms with Gasteiger partial charge in [-0.25, -0.2) is 0 Å². The number of imide groups is 1. The maximum Gasteiger partial charge on any atom is 0.261 e. The average Bonchev–Trinajstić information content (AvgIpc) is 2.92. The SMILES string of the molecule is C=CCN1C(=O)c2ccc(C(=O)Nc3cc(OC)cc(OC)c3)cc2C1=O. The highest BCUT2D eigenvalue weighted by Crippen LogP contribution is 2.27. The average molecular weight is 366 g/mol. The summed E-state index contributed by atoms with van der Waals surface area (Å²) in [4.78, 5) is 38.3. The van der Waals surface area contributed by atoms with Crippen LogP contribution in [0.5, 0.6) is 11.5 Å². The summed E-state index contributed by atoms with van der Waals surface area (Å²) in [5.74, 6) is -0.193. The number of rotatable bonds is 6. The van der Waals surface area contributed by atoms with Crippen LogP contribution in [0, 0.1) is 0 Å². The summed E-state index contributed by atoms with van der Waals surface area (Å²) < 4.78 is 10.4. The molecule has 1 N–H and O–H groups in total. The summed E-state index contributed by atoms with van der Waals surface area (Å²) in [6.45, 7) is 3.67. The van der Waals surface area contributed by atoms with Crippen molar-refractivity contribution < 1.29 is 23.9 Å². The number of hydrogen-bond donors (Lipinski definition) is 1. The number of amides is 3. The fraction of sp³-hybridized carbons (Fsp3) is 0.150. The van der Waals surface area contributed by atoms with E-state index in [1.807, 2.05) is 0 Å². The fourth-order valence-electron chi connectivity index (χ4n) is 2.81. The van der Waals surface area contributed by atoms with E-state index in [-0.39, 0.29) is 29.1 Å². The lowest BCUT2D eigenvalue weighted by Crippen LogP contribution is -2.29. The number of benzene rings is 2. The highest BCUT2D eigenvalue weighted by atomic mass is 16.5. The van der Waals surface area contributed by atoms with E-state index in [4.69, 9.17) is 9.47 Å². The van der Waals surface area contributed by atoms with Crippen LogP contribution in [0.25, 0.3) is 0 Å². The summed E-state index contributed by atoms with van der Waals surface area (Å²) in [6, 6.07) is 9.39. The number of fused-ring (bicyclic) bond motifs is 1. The van der Waals surface area contributed by atoms with Gasteiger partial charge in [0.05, 0.1) is 25.3 Å². The standard InChI is InChI=1S/C20H18N2O5/c1-4-7-22-19(24)16-6-5-12(8-17(16)20(22)25)18(23)21-13-9-14(26-2)11-15(10-13)27-3/h4-6,8-11H,1,7H2,2-3H3,(H,21,23). The van der Waals surface area contributed by atoms with Gasteiger partial charge in [0.15, 0.2) is 0 Å². The first-order chi connectivity index (χ1) is 13.0. The molecule has 3 rings (SSSR count). The summed E-state index contributed by atoms with van der Waals surface area (Å²) in [7, 11) is 3.02. The highest BCUT2D eigenvalue weighted by molar-refractivity contribution is 6.22. The third-order valence-corrected chi connectivity index (χ3v) is 4.15. The molecule has 0 aliphatic carbocycles. The van der Waals surface area contributed by atoms with Crippen molar-refractivity contribution in [2.75, 3.05) is 26.1 Å². The molecule has 1 aliphatic rings. The first-order valence-corrected chi connectivity index (χ1v) is 8.14. The molecule has 0 fully saturated rings. The van der Waals surface area contributed by atoms with E-state index >= 15 is 0 Å². The number of carbonyl (C=O) groups excluding carboxylic acids is 3. The quantitative estimate of drug-likeness (QED) is 0.628. The van der Waals surface area contributed by atoms with Crippen LogP contribution in [0.15, 0.2) is 49.1 Å². The van der Waals surface area contributed by atoms with Crippen LogP contribution in [0.1, 0.15) is 31.1 Å². The second-order valence-corrected chi connectivity index (χ2v) is 5.83. The van der Waals surface area contributed by atoms with Crippen molar-refractivity contribution in [2.45, 2.75) is 0 Å². The number of nitrogens with zero attached hydrogens (tertiary/aromatic N) is 1. The Morgan fingerprint density at radius 1 is 1.04 bits per heavy atom. The van der Waals surface area contributed by atoms with Gasteiger partial charge in [-0.3, -0.25) is 19.3 Å². The summed E-state index contributed by atoms with van der Waals surface area (Å²) in [6.07, 6.45) is 1.48. The Bertz CT molecular complexity index is 929. The van der Waals surface area contributed by atoms with Crippen molar-refractivity contribution in [1.82, 2.24) is 4.90 Å². The second kappa shape index (κ2) is 7.33. The molecular formula is C20H18N2O5. The van der Waals surface area contributed by atoms with Crippen LogP contribution in [0.4, 0.5) is 5.69 Å². The molecule has 0 aromatic heterocycles. The molecule has 0 atom stereocenters. The predicted molar refractivity (Wildman–Crippen MR) is 99.5 cm³/mol. The van der Waals surface area contributed by atoms with Crippen molar-refractivity contribution in [3.63, 3.8) is 0 Å². The Morgan fingerprint density at radius 3 is 2.26 bits per heavy atom. The minimum absolute atomic E-state index is 0.123. The molecule has 1 aliphatic heterocycles. The predicted octanol–water partition coefficient (Wildman–Crippen LogP) is 2.74. The molecule has 0 saturated heterocycles. The van der Waals surface area contributed by atoms with Gasteiger partial charge in [0.2, 0.25) is 0 Å². The summed E-state index contributed by atoms with van der Waals surface area (Å²) in [5, 5.41) is 2.74. The zero-order valence-electron chi connectivity index (χ0n) is 14.9. The van der Waals surface area contributed by atoms with Crippen molar-refractivity contribution in [2.24, 2.45) is 0 Å². The van der Waals surface area contributed by atoms with Crippen LogP contribution in [-0.2, 0) is 0 Å². The molecule has 2 aromatic carbocycles. The Hall–Kier alpha value is -3.61. The molecule has 0 saturated carbocycles. The molecule has 1 heterocycles. The van der Waals surface area contributed by atoms with Crippen LogP contribution >= 0.6 is 0 Å². The minimum Gasteiger partial charge on any atom is -0.497 e. The molecule has 0 bridgehead atoms. The normalized spacial score (nSPS) is 12.6. The van der Waals surface area contributed by atoms with Gasteiger partial charge in [-0.1, -0.05) is 6.08 Å². The maximum atomic E-state index is 12.6. The van der Waals surface area contributed by atoms with Crippen molar-refractivity contribution >= 4 is 23.4 Å². The van der Waals surface area contributed by atoms with Crippen molar-refractivity contribution in [3.8, 4) is 11.5 Å². The molecule has 27 heavy (non-hydrogen) atoms. The molecule has 0 radical (unpaired) electrons. The van der Waals surface area contributed by atoms with E-state index < -0.39 is 11.8 Å². The van der Waals surface area contributed by atoms with Crippen LogP contribution in [0.2, 0.25) is 0 Å². The monoisotopic (exact) mass is 366 g/mol.